The van der Waals surface area contributed by atoms with Gasteiger partial charge in [-0.3, -0.25) is 0 Å². The molecule has 0 fully saturated rings. The van der Waals surface area contributed by atoms with E-state index in [0.717, 1.165) is 5.39 Å². The van der Waals surface area contributed by atoms with Crippen LogP contribution in [0.15, 0.2) is 28.9 Å². The molecule has 0 spiro atoms. The number of hydrogen-bond donors (Lipinski definition) is 0. The summed E-state index contributed by atoms with van der Waals surface area (Å²) in [5, 5.41) is 0.725. The summed E-state index contributed by atoms with van der Waals surface area (Å²) in [6.45, 7) is 0. The first-order chi connectivity index (χ1) is 5.92. The second kappa shape index (κ2) is 2.71. The van der Waals surface area contributed by atoms with E-state index in [9.17, 15) is 4.39 Å². The van der Waals surface area contributed by atoms with E-state index in [1.807, 2.05) is 0 Å². The van der Waals surface area contributed by atoms with E-state index in [2.05, 4.69) is 12.0 Å². The largest absolute Gasteiger partial charge is 0.464 e. The van der Waals surface area contributed by atoms with Gasteiger partial charge in [0.15, 0.2) is 0 Å². The molecule has 0 bridgehead atoms. The SMILES string of the molecule is FC#Cc1cccc2oc[c]c12. The van der Waals surface area contributed by atoms with Crippen LogP contribution in [0.2, 0.25) is 0 Å². The molecule has 0 N–H and O–H groups in total. The van der Waals surface area contributed by atoms with Crippen molar-refractivity contribution in [2.45, 2.75) is 0 Å². The predicted molar refractivity (Wildman–Crippen MR) is 43.0 cm³/mol. The molecule has 1 nitrogen and oxygen atoms in total. The van der Waals surface area contributed by atoms with Gasteiger partial charge in [0.2, 0.25) is 0 Å². The van der Waals surface area contributed by atoms with Gasteiger partial charge in [-0.1, -0.05) is 6.07 Å². The van der Waals surface area contributed by atoms with E-state index in [4.69, 9.17) is 4.42 Å². The molecule has 2 aromatic rings. The molecule has 0 saturated carbocycles. The smallest absolute Gasteiger partial charge is 0.135 e. The van der Waals surface area contributed by atoms with Crippen LogP contribution in [0, 0.1) is 18.2 Å². The van der Waals surface area contributed by atoms with E-state index in [1.54, 1.807) is 18.2 Å². The van der Waals surface area contributed by atoms with Crippen molar-refractivity contribution in [3.05, 3.63) is 36.1 Å². The molecule has 1 radical (unpaired) electrons. The lowest BCUT2D eigenvalue weighted by atomic mass is 10.1. The van der Waals surface area contributed by atoms with Crippen molar-refractivity contribution in [1.82, 2.24) is 0 Å². The third-order valence-corrected chi connectivity index (χ3v) is 1.60. The summed E-state index contributed by atoms with van der Waals surface area (Å²) >= 11 is 0. The topological polar surface area (TPSA) is 13.1 Å². The fourth-order valence-corrected chi connectivity index (χ4v) is 1.09. The van der Waals surface area contributed by atoms with Crippen molar-refractivity contribution in [3.63, 3.8) is 0 Å². The summed E-state index contributed by atoms with van der Waals surface area (Å²) in [5.74, 6) is 2.33. The molecule has 1 heterocycles. The maximum Gasteiger partial charge on any atom is 0.135 e. The van der Waals surface area contributed by atoms with E-state index < -0.39 is 0 Å². The molecule has 0 amide bonds. The van der Waals surface area contributed by atoms with Gasteiger partial charge < -0.3 is 4.42 Å². The average molecular weight is 159 g/mol. The summed E-state index contributed by atoms with van der Waals surface area (Å²) in [7, 11) is 0. The van der Waals surface area contributed by atoms with Gasteiger partial charge >= 0.3 is 0 Å². The Bertz CT molecular complexity index is 459. The van der Waals surface area contributed by atoms with E-state index in [-0.39, 0.29) is 0 Å². The maximum absolute atomic E-state index is 11.7. The summed E-state index contributed by atoms with van der Waals surface area (Å²) in [6, 6.07) is 8.11. The minimum absolute atomic E-state index is 0.601. The highest BCUT2D eigenvalue weighted by Crippen LogP contribution is 2.17. The second-order valence-electron chi connectivity index (χ2n) is 2.28. The van der Waals surface area contributed by atoms with Crippen LogP contribution in [0.5, 0.6) is 0 Å². The quantitative estimate of drug-likeness (QED) is 0.538. The normalized spacial score (nSPS) is 9.42. The zero-order chi connectivity index (χ0) is 8.39. The molecule has 2 rings (SSSR count). The zero-order valence-corrected chi connectivity index (χ0v) is 6.10. The molecule has 57 valence electrons. The second-order valence-corrected chi connectivity index (χ2v) is 2.28. The van der Waals surface area contributed by atoms with Crippen LogP contribution in [0.4, 0.5) is 4.39 Å². The van der Waals surface area contributed by atoms with Crippen molar-refractivity contribution in [1.29, 1.82) is 0 Å². The Labute approximate surface area is 68.8 Å². The lowest BCUT2D eigenvalue weighted by Gasteiger charge is -1.89. The van der Waals surface area contributed by atoms with Gasteiger partial charge in [0.1, 0.15) is 11.8 Å². The first-order valence-electron chi connectivity index (χ1n) is 3.41. The monoisotopic (exact) mass is 159 g/mol. The number of halogens is 1. The van der Waals surface area contributed by atoms with Crippen molar-refractivity contribution in [2.24, 2.45) is 0 Å². The lowest BCUT2D eigenvalue weighted by molar-refractivity contribution is 0.615. The summed E-state index contributed by atoms with van der Waals surface area (Å²) in [5.41, 5.74) is 1.28. The minimum atomic E-state index is 0.601. The van der Waals surface area contributed by atoms with Gasteiger partial charge in [-0.15, -0.1) is 4.39 Å². The summed E-state index contributed by atoms with van der Waals surface area (Å²) in [6.07, 6.45) is 2.79. The van der Waals surface area contributed by atoms with Gasteiger partial charge in [-0.2, -0.15) is 0 Å². The summed E-state index contributed by atoms with van der Waals surface area (Å²) < 4.78 is 16.8. The fraction of sp³-hybridized carbons (Fsp3) is 0. The first kappa shape index (κ1) is 6.93. The number of fused-ring (bicyclic) bond motifs is 1. The molecule has 0 aliphatic carbocycles. The molecule has 12 heavy (non-hydrogen) atoms. The minimum Gasteiger partial charge on any atom is -0.464 e. The Hall–Kier alpha value is -1.75. The van der Waals surface area contributed by atoms with Crippen LogP contribution in [0.1, 0.15) is 5.56 Å². The molecule has 0 unspecified atom stereocenters. The van der Waals surface area contributed by atoms with Gasteiger partial charge in [-0.05, 0) is 18.1 Å². The highest BCUT2D eigenvalue weighted by molar-refractivity contribution is 5.83. The van der Waals surface area contributed by atoms with Crippen LogP contribution in [-0.4, -0.2) is 0 Å². The van der Waals surface area contributed by atoms with Gasteiger partial charge in [0.05, 0.1) is 6.26 Å². The number of benzene rings is 1. The molecule has 0 saturated heterocycles. The predicted octanol–water partition coefficient (Wildman–Crippen LogP) is 2.51. The van der Waals surface area contributed by atoms with Crippen molar-refractivity contribution >= 4 is 11.0 Å². The highest BCUT2D eigenvalue weighted by Gasteiger charge is 1.99. The number of rotatable bonds is 0. The molecular formula is C10H4FO. The zero-order valence-electron chi connectivity index (χ0n) is 6.10. The van der Waals surface area contributed by atoms with Crippen LogP contribution >= 0.6 is 0 Å². The number of furan rings is 1. The van der Waals surface area contributed by atoms with E-state index >= 15 is 0 Å². The molecule has 1 aromatic carbocycles. The summed E-state index contributed by atoms with van der Waals surface area (Å²) in [4.78, 5) is 0. The van der Waals surface area contributed by atoms with Crippen molar-refractivity contribution in [3.8, 4) is 12.1 Å². The Morgan fingerprint density at radius 1 is 1.42 bits per heavy atom. The van der Waals surface area contributed by atoms with E-state index in [0.29, 0.717) is 11.1 Å². The molecule has 0 aliphatic heterocycles. The van der Waals surface area contributed by atoms with E-state index in [1.165, 1.54) is 12.4 Å². The Kier molecular flexibility index (Phi) is 1.56. The average Bonchev–Trinajstić information content (AvgIpc) is 2.53. The molecular weight excluding hydrogens is 155 g/mol. The Morgan fingerprint density at radius 3 is 3.17 bits per heavy atom. The van der Waals surface area contributed by atoms with Crippen LogP contribution in [0.25, 0.3) is 11.0 Å². The first-order valence-corrected chi connectivity index (χ1v) is 3.41. The van der Waals surface area contributed by atoms with Gasteiger partial charge in [-0.25, -0.2) is 0 Å². The fourth-order valence-electron chi connectivity index (χ4n) is 1.09. The van der Waals surface area contributed by atoms with Crippen molar-refractivity contribution < 1.29 is 8.81 Å². The van der Waals surface area contributed by atoms with Gasteiger partial charge in [0.25, 0.3) is 0 Å². The van der Waals surface area contributed by atoms with Crippen molar-refractivity contribution in [2.75, 3.05) is 0 Å². The van der Waals surface area contributed by atoms with Gasteiger partial charge in [0, 0.05) is 17.0 Å². The third-order valence-electron chi connectivity index (χ3n) is 1.60. The maximum atomic E-state index is 11.7. The molecule has 1 aromatic heterocycles. The highest BCUT2D eigenvalue weighted by atomic mass is 19.1. The van der Waals surface area contributed by atoms with Crippen LogP contribution < -0.4 is 0 Å². The van der Waals surface area contributed by atoms with Crippen LogP contribution in [0.3, 0.4) is 0 Å². The number of hydrogen-bond acceptors (Lipinski definition) is 1. The molecule has 2 heteroatoms. The Balaban J connectivity index is 2.79. The third kappa shape index (κ3) is 0.960. The molecule has 0 atom stereocenters. The molecule has 0 aliphatic rings. The van der Waals surface area contributed by atoms with Crippen LogP contribution in [-0.2, 0) is 0 Å². The lowest BCUT2D eigenvalue weighted by Crippen LogP contribution is -1.73. The standard InChI is InChI=1S/C10H4FO/c11-6-4-8-2-1-3-10-9(8)5-7-12-10/h1-3,7H. The Morgan fingerprint density at radius 2 is 2.33 bits per heavy atom.